The molecule has 2 N–H and O–H groups in total. The summed E-state index contributed by atoms with van der Waals surface area (Å²) >= 11 is 0. The predicted molar refractivity (Wildman–Crippen MR) is 66.4 cm³/mol. The minimum atomic E-state index is -0.480. The number of halogens is 1. The van der Waals surface area contributed by atoms with Gasteiger partial charge < -0.3 is 5.73 Å². The van der Waals surface area contributed by atoms with E-state index in [1.54, 1.807) is 36.4 Å². The Balaban J connectivity index is 0.000000686. The smallest absolute Gasteiger partial charge is 0.195 e. The maximum absolute atomic E-state index is 13.3. The van der Waals surface area contributed by atoms with Crippen LogP contribution in [0.5, 0.6) is 0 Å². The van der Waals surface area contributed by atoms with Crippen LogP contribution in [0.2, 0.25) is 0 Å². The highest BCUT2D eigenvalue weighted by Gasteiger charge is 2.11. The van der Waals surface area contributed by atoms with Gasteiger partial charge in [0, 0.05) is 5.56 Å². The number of benzene rings is 2. The molecule has 17 heavy (non-hydrogen) atoms. The van der Waals surface area contributed by atoms with Gasteiger partial charge in [-0.25, -0.2) is 4.39 Å². The van der Waals surface area contributed by atoms with Crippen LogP contribution in [0.4, 0.5) is 4.39 Å². The number of hydrogen-bond donors (Lipinski definition) is 1. The quantitative estimate of drug-likeness (QED) is 0.807. The molecule has 3 heteroatoms. The summed E-state index contributed by atoms with van der Waals surface area (Å²) in [5.41, 5.74) is 5.12. The third-order valence-electron chi connectivity index (χ3n) is 2.15. The first-order valence-corrected chi connectivity index (χ1v) is 5.21. The van der Waals surface area contributed by atoms with Crippen molar-refractivity contribution in [1.29, 1.82) is 0 Å². The van der Waals surface area contributed by atoms with Crippen molar-refractivity contribution in [2.24, 2.45) is 5.73 Å². The number of carbonyl (C=O) groups excluding carboxylic acids is 1. The second-order valence-corrected chi connectivity index (χ2v) is 3.17. The molecule has 0 spiro atoms. The fraction of sp³-hybridized carbons (Fsp3) is 0.0714. The van der Waals surface area contributed by atoms with E-state index in [1.165, 1.54) is 19.2 Å². The van der Waals surface area contributed by atoms with Gasteiger partial charge in [0.2, 0.25) is 0 Å². The summed E-state index contributed by atoms with van der Waals surface area (Å²) in [6.45, 7) is 0. The number of nitrogens with two attached hydrogens (primary N) is 1. The predicted octanol–water partition coefficient (Wildman–Crippen LogP) is 2.63. The average molecular weight is 231 g/mol. The first kappa shape index (κ1) is 13.1. The maximum Gasteiger partial charge on any atom is 0.195 e. The fourth-order valence-electron chi connectivity index (χ4n) is 1.39. The van der Waals surface area contributed by atoms with Crippen LogP contribution in [-0.4, -0.2) is 12.8 Å². The Kier molecular flexibility index (Phi) is 5.04. The van der Waals surface area contributed by atoms with Gasteiger partial charge in [0.1, 0.15) is 5.82 Å². The number of carbonyl (C=O) groups is 1. The lowest BCUT2D eigenvalue weighted by atomic mass is 10.0. The van der Waals surface area contributed by atoms with Gasteiger partial charge in [-0.1, -0.05) is 42.5 Å². The van der Waals surface area contributed by atoms with Crippen molar-refractivity contribution >= 4 is 5.78 Å². The molecule has 0 heterocycles. The van der Waals surface area contributed by atoms with Gasteiger partial charge in [-0.2, -0.15) is 0 Å². The Morgan fingerprint density at radius 1 is 0.941 bits per heavy atom. The third kappa shape index (κ3) is 3.23. The topological polar surface area (TPSA) is 43.1 Å². The van der Waals surface area contributed by atoms with E-state index in [1.807, 2.05) is 6.07 Å². The second-order valence-electron chi connectivity index (χ2n) is 3.17. The Morgan fingerprint density at radius 3 is 2.06 bits per heavy atom. The van der Waals surface area contributed by atoms with Crippen LogP contribution in [-0.2, 0) is 0 Å². The van der Waals surface area contributed by atoms with E-state index in [9.17, 15) is 9.18 Å². The molecule has 2 rings (SSSR count). The van der Waals surface area contributed by atoms with Crippen LogP contribution in [0.25, 0.3) is 0 Å². The molecule has 0 unspecified atom stereocenters. The molecule has 0 saturated carbocycles. The Morgan fingerprint density at radius 2 is 1.47 bits per heavy atom. The van der Waals surface area contributed by atoms with Gasteiger partial charge in [0.25, 0.3) is 0 Å². The maximum atomic E-state index is 13.3. The number of hydrogen-bond acceptors (Lipinski definition) is 2. The van der Waals surface area contributed by atoms with Gasteiger partial charge in [0.05, 0.1) is 5.56 Å². The summed E-state index contributed by atoms with van der Waals surface area (Å²) < 4.78 is 13.3. The summed E-state index contributed by atoms with van der Waals surface area (Å²) in [6.07, 6.45) is 0. The van der Waals surface area contributed by atoms with E-state index >= 15 is 0 Å². The zero-order chi connectivity index (χ0) is 12.7. The van der Waals surface area contributed by atoms with Crippen molar-refractivity contribution < 1.29 is 9.18 Å². The molecular formula is C14H14FNO. The summed E-state index contributed by atoms with van der Waals surface area (Å²) in [7, 11) is 1.50. The molecule has 0 bridgehead atoms. The minimum Gasteiger partial charge on any atom is -0.333 e. The lowest BCUT2D eigenvalue weighted by Gasteiger charge is -2.01. The third-order valence-corrected chi connectivity index (χ3v) is 2.15. The highest BCUT2D eigenvalue weighted by Crippen LogP contribution is 2.12. The van der Waals surface area contributed by atoms with Gasteiger partial charge in [-0.3, -0.25) is 4.79 Å². The fourth-order valence-corrected chi connectivity index (χ4v) is 1.39. The Labute approximate surface area is 99.9 Å². The highest BCUT2D eigenvalue weighted by molar-refractivity contribution is 6.09. The van der Waals surface area contributed by atoms with Crippen LogP contribution >= 0.6 is 0 Å². The second kappa shape index (κ2) is 6.55. The van der Waals surface area contributed by atoms with E-state index in [2.05, 4.69) is 5.73 Å². The van der Waals surface area contributed by atoms with Crippen LogP contribution in [0.3, 0.4) is 0 Å². The molecule has 88 valence electrons. The van der Waals surface area contributed by atoms with E-state index in [4.69, 9.17) is 0 Å². The molecule has 0 aliphatic carbocycles. The molecular weight excluding hydrogens is 217 g/mol. The number of rotatable bonds is 2. The summed E-state index contributed by atoms with van der Waals surface area (Å²) in [6, 6.07) is 14.7. The van der Waals surface area contributed by atoms with Crippen molar-refractivity contribution in [3.05, 3.63) is 71.5 Å². The molecule has 2 aromatic carbocycles. The molecule has 0 aliphatic rings. The van der Waals surface area contributed by atoms with Crippen LogP contribution < -0.4 is 5.73 Å². The zero-order valence-corrected chi connectivity index (χ0v) is 9.56. The van der Waals surface area contributed by atoms with Crippen molar-refractivity contribution in [2.75, 3.05) is 7.05 Å². The van der Waals surface area contributed by atoms with E-state index in [-0.39, 0.29) is 11.3 Å². The van der Waals surface area contributed by atoms with Gasteiger partial charge in [-0.15, -0.1) is 0 Å². The minimum absolute atomic E-state index is 0.115. The molecule has 0 radical (unpaired) electrons. The van der Waals surface area contributed by atoms with Crippen LogP contribution in [0.15, 0.2) is 54.6 Å². The summed E-state index contributed by atoms with van der Waals surface area (Å²) in [5, 5.41) is 0. The monoisotopic (exact) mass is 231 g/mol. The van der Waals surface area contributed by atoms with Crippen LogP contribution in [0.1, 0.15) is 15.9 Å². The van der Waals surface area contributed by atoms with E-state index in [0.717, 1.165) is 0 Å². The van der Waals surface area contributed by atoms with E-state index in [0.29, 0.717) is 5.56 Å². The number of ketones is 1. The molecule has 2 aromatic rings. The SMILES string of the molecule is CN.O=C(c1ccccc1)c1ccccc1F. The normalized spacial score (nSPS) is 9.12. The molecule has 0 saturated heterocycles. The first-order chi connectivity index (χ1) is 8.29. The average Bonchev–Trinajstić information content (AvgIpc) is 2.42. The van der Waals surface area contributed by atoms with Crippen molar-refractivity contribution in [1.82, 2.24) is 0 Å². The summed E-state index contributed by atoms with van der Waals surface area (Å²) in [4.78, 5) is 11.8. The first-order valence-electron chi connectivity index (χ1n) is 5.21. The lowest BCUT2D eigenvalue weighted by molar-refractivity contribution is 0.103. The van der Waals surface area contributed by atoms with Gasteiger partial charge in [0.15, 0.2) is 5.78 Å². The van der Waals surface area contributed by atoms with Gasteiger partial charge in [-0.05, 0) is 19.2 Å². The van der Waals surface area contributed by atoms with E-state index < -0.39 is 5.82 Å². The zero-order valence-electron chi connectivity index (χ0n) is 9.56. The Hall–Kier alpha value is -2.00. The van der Waals surface area contributed by atoms with Gasteiger partial charge >= 0.3 is 0 Å². The largest absolute Gasteiger partial charge is 0.333 e. The lowest BCUT2D eigenvalue weighted by Crippen LogP contribution is -2.03. The molecule has 2 nitrogen and oxygen atoms in total. The molecule has 0 atom stereocenters. The molecule has 0 fully saturated rings. The molecule has 0 aromatic heterocycles. The van der Waals surface area contributed by atoms with Crippen LogP contribution in [0, 0.1) is 5.82 Å². The van der Waals surface area contributed by atoms with Crippen molar-refractivity contribution in [2.45, 2.75) is 0 Å². The van der Waals surface area contributed by atoms with Crippen molar-refractivity contribution in [3.63, 3.8) is 0 Å². The Bertz CT molecular complexity index is 483. The molecule has 0 aliphatic heterocycles. The molecule has 0 amide bonds. The standard InChI is InChI=1S/C13H9FO.CH5N/c14-12-9-5-4-8-11(12)13(15)10-6-2-1-3-7-10;1-2/h1-9H;2H2,1H3. The highest BCUT2D eigenvalue weighted by atomic mass is 19.1. The van der Waals surface area contributed by atoms with Crippen molar-refractivity contribution in [3.8, 4) is 0 Å². The summed E-state index contributed by atoms with van der Waals surface area (Å²) in [5.74, 6) is -0.764.